The summed E-state index contributed by atoms with van der Waals surface area (Å²) in [5.41, 5.74) is 0. The van der Waals surface area contributed by atoms with E-state index in [1.54, 1.807) is 0 Å². The summed E-state index contributed by atoms with van der Waals surface area (Å²) in [6, 6.07) is 0. The second kappa shape index (κ2) is 63.5. The number of esters is 4. The molecule has 0 amide bonds. The Balaban J connectivity index is 5.22. The van der Waals surface area contributed by atoms with Gasteiger partial charge in [-0.2, -0.15) is 0 Å². The van der Waals surface area contributed by atoms with Crippen molar-refractivity contribution in [2.45, 2.75) is 388 Å². The molecule has 0 aliphatic rings. The Kier molecular flexibility index (Phi) is 62.2. The molecule has 0 aromatic carbocycles. The van der Waals surface area contributed by atoms with Gasteiger partial charge in [-0.15, -0.1) is 0 Å². The summed E-state index contributed by atoms with van der Waals surface area (Å²) in [4.78, 5) is 72.7. The number of carbonyl (C=O) groups excluding carboxylic acids is 4. The van der Waals surface area contributed by atoms with E-state index in [-0.39, 0.29) is 25.7 Å². The lowest BCUT2D eigenvalue weighted by Gasteiger charge is -2.21. The van der Waals surface area contributed by atoms with Crippen molar-refractivity contribution < 1.29 is 80.2 Å². The van der Waals surface area contributed by atoms with Gasteiger partial charge in [-0.3, -0.25) is 37.3 Å². The van der Waals surface area contributed by atoms with Gasteiger partial charge in [-0.25, -0.2) is 9.13 Å². The third kappa shape index (κ3) is 67.0. The minimum atomic E-state index is -4.95. The zero-order valence-electron chi connectivity index (χ0n) is 60.9. The summed E-state index contributed by atoms with van der Waals surface area (Å²) >= 11 is 0. The minimum Gasteiger partial charge on any atom is -0.462 e. The second-order valence-electron chi connectivity index (χ2n) is 28.4. The molecule has 0 aliphatic heterocycles. The summed E-state index contributed by atoms with van der Waals surface area (Å²) in [5, 5.41) is 10.6. The van der Waals surface area contributed by atoms with Gasteiger partial charge in [-0.05, 0) is 49.4 Å². The number of rotatable bonds is 71. The Morgan fingerprint density at radius 2 is 0.516 bits per heavy atom. The van der Waals surface area contributed by atoms with E-state index in [4.69, 9.17) is 37.0 Å². The first-order valence-corrected chi connectivity index (χ1v) is 41.2. The van der Waals surface area contributed by atoms with Gasteiger partial charge in [0.1, 0.15) is 19.3 Å². The second-order valence-corrected chi connectivity index (χ2v) is 31.3. The number of ether oxygens (including phenoxy) is 4. The number of hydrogen-bond acceptors (Lipinski definition) is 15. The predicted molar refractivity (Wildman–Crippen MR) is 377 cm³/mol. The highest BCUT2D eigenvalue weighted by Crippen LogP contribution is 2.45. The Bertz CT molecular complexity index is 1840. The van der Waals surface area contributed by atoms with E-state index in [0.717, 1.165) is 114 Å². The van der Waals surface area contributed by atoms with E-state index in [9.17, 15) is 43.2 Å². The van der Waals surface area contributed by atoms with Crippen molar-refractivity contribution in [3.63, 3.8) is 0 Å². The van der Waals surface area contributed by atoms with Crippen molar-refractivity contribution in [2.24, 2.45) is 23.7 Å². The first-order valence-electron chi connectivity index (χ1n) is 38.2. The van der Waals surface area contributed by atoms with Crippen LogP contribution in [-0.4, -0.2) is 96.7 Å². The minimum absolute atomic E-state index is 0.104. The van der Waals surface area contributed by atoms with E-state index in [2.05, 4.69) is 55.4 Å². The Morgan fingerprint density at radius 1 is 0.301 bits per heavy atom. The van der Waals surface area contributed by atoms with Crippen LogP contribution in [0.15, 0.2) is 0 Å². The zero-order chi connectivity index (χ0) is 68.9. The van der Waals surface area contributed by atoms with E-state index < -0.39 is 97.5 Å². The van der Waals surface area contributed by atoms with Crippen molar-refractivity contribution in [3.8, 4) is 0 Å². The van der Waals surface area contributed by atoms with E-state index in [1.165, 1.54) is 167 Å². The number of unbranched alkanes of at least 4 members (excludes halogenated alkanes) is 36. The normalized spacial score (nSPS) is 14.5. The first kappa shape index (κ1) is 91.1. The molecule has 0 saturated carbocycles. The van der Waals surface area contributed by atoms with Crippen molar-refractivity contribution in [3.05, 3.63) is 0 Å². The number of aliphatic hydroxyl groups excluding tert-OH is 1. The summed E-state index contributed by atoms with van der Waals surface area (Å²) < 4.78 is 68.4. The molecule has 0 saturated heterocycles. The highest BCUT2D eigenvalue weighted by Gasteiger charge is 2.30. The summed E-state index contributed by atoms with van der Waals surface area (Å²) in [6.45, 7) is 14.1. The first-order chi connectivity index (χ1) is 44.6. The van der Waals surface area contributed by atoms with Crippen molar-refractivity contribution in [2.75, 3.05) is 39.6 Å². The maximum atomic E-state index is 13.0. The molecule has 0 fully saturated rings. The monoisotopic (exact) mass is 1370 g/mol. The van der Waals surface area contributed by atoms with Crippen LogP contribution in [-0.2, 0) is 65.4 Å². The predicted octanol–water partition coefficient (Wildman–Crippen LogP) is 21.3. The van der Waals surface area contributed by atoms with Gasteiger partial charge in [0.25, 0.3) is 0 Å². The molecule has 0 radical (unpaired) electrons. The molecule has 0 aromatic heterocycles. The number of hydrogen-bond donors (Lipinski definition) is 3. The van der Waals surface area contributed by atoms with E-state index >= 15 is 0 Å². The SMILES string of the molecule is CCC(C)CCCCCCCCCCCCC(=O)OC[C@H](COP(=O)(O)OCC(O)COP(=O)(O)OC[C@@H](COC(=O)CCCCCCCCCC(C)C)OC(=O)CCCCCCCCCCCCCCCCCC(C)C)OC(=O)CCCCCCCCCCC(C)C. The van der Waals surface area contributed by atoms with Gasteiger partial charge in [0.15, 0.2) is 12.2 Å². The molecule has 6 atom stereocenters. The van der Waals surface area contributed by atoms with Crippen LogP contribution in [0.2, 0.25) is 0 Å². The van der Waals surface area contributed by atoms with Crippen LogP contribution in [0.3, 0.4) is 0 Å². The molecule has 0 aromatic rings. The lowest BCUT2D eigenvalue weighted by atomic mass is 9.99. The zero-order valence-corrected chi connectivity index (χ0v) is 62.7. The van der Waals surface area contributed by atoms with Crippen LogP contribution in [0.5, 0.6) is 0 Å². The number of aliphatic hydroxyl groups is 1. The lowest BCUT2D eigenvalue weighted by Crippen LogP contribution is -2.30. The van der Waals surface area contributed by atoms with E-state index in [0.29, 0.717) is 31.6 Å². The average Bonchev–Trinajstić information content (AvgIpc) is 1.45. The summed E-state index contributed by atoms with van der Waals surface area (Å²) in [6.07, 6.45) is 47.3. The van der Waals surface area contributed by atoms with Crippen molar-refractivity contribution in [1.82, 2.24) is 0 Å². The van der Waals surface area contributed by atoms with Gasteiger partial charge >= 0.3 is 39.5 Å². The Hall–Kier alpha value is -1.94. The fourth-order valence-corrected chi connectivity index (χ4v) is 12.7. The average molecular weight is 1370 g/mol. The maximum absolute atomic E-state index is 13.0. The van der Waals surface area contributed by atoms with Crippen LogP contribution in [0.25, 0.3) is 0 Å². The topological polar surface area (TPSA) is 237 Å². The smallest absolute Gasteiger partial charge is 0.462 e. The van der Waals surface area contributed by atoms with Gasteiger partial charge in [0.2, 0.25) is 0 Å². The Labute approximate surface area is 568 Å². The molecular weight excluding hydrogens is 1220 g/mol. The molecule has 0 aliphatic carbocycles. The van der Waals surface area contributed by atoms with Crippen LogP contribution in [0, 0.1) is 23.7 Å². The van der Waals surface area contributed by atoms with Crippen LogP contribution >= 0.6 is 15.6 Å². The van der Waals surface area contributed by atoms with Crippen LogP contribution in [0.4, 0.5) is 0 Å². The van der Waals surface area contributed by atoms with Gasteiger partial charge < -0.3 is 33.8 Å². The molecule has 0 bridgehead atoms. The van der Waals surface area contributed by atoms with Crippen molar-refractivity contribution in [1.29, 1.82) is 0 Å². The molecule has 3 N–H and O–H groups in total. The van der Waals surface area contributed by atoms with Gasteiger partial charge in [0, 0.05) is 25.7 Å². The van der Waals surface area contributed by atoms with Crippen molar-refractivity contribution >= 4 is 39.5 Å². The fraction of sp³-hybridized carbons (Fsp3) is 0.946. The van der Waals surface area contributed by atoms with Gasteiger partial charge in [0.05, 0.1) is 26.4 Å². The summed E-state index contributed by atoms with van der Waals surface area (Å²) in [7, 11) is -9.91. The Morgan fingerprint density at radius 3 is 0.763 bits per heavy atom. The number of phosphoric acid groups is 2. The molecule has 552 valence electrons. The lowest BCUT2D eigenvalue weighted by molar-refractivity contribution is -0.161. The van der Waals surface area contributed by atoms with Crippen LogP contribution < -0.4 is 0 Å². The molecule has 0 rings (SSSR count). The fourth-order valence-electron chi connectivity index (χ4n) is 11.2. The largest absolute Gasteiger partial charge is 0.472 e. The van der Waals surface area contributed by atoms with E-state index in [1.807, 2.05) is 0 Å². The number of phosphoric ester groups is 2. The third-order valence-corrected chi connectivity index (χ3v) is 19.3. The standard InChI is InChI=1S/C74H144O17P2/c1-9-67(8)53-45-37-29-20-17-18-21-30-38-46-54-71(76)84-60-69(91-74(79)57-49-41-32-24-23-27-35-43-51-65(4)5)62-88-92(80,81)86-58-68(75)59-87-93(82,83)89-63-70(61-85-72(77)55-47-39-33-25-28-36-44-52-66(6)7)90-73(78)56-48-40-31-22-16-14-12-10-11-13-15-19-26-34-42-50-64(2)3/h64-70,75H,9-63H2,1-8H3,(H,80,81)(H,82,83)/t67?,68?,69-,70-/m1/s1. The molecular formula is C74H144O17P2. The summed E-state index contributed by atoms with van der Waals surface area (Å²) in [5.74, 6) is 0.910. The van der Waals surface area contributed by atoms with Crippen LogP contribution in [0.1, 0.15) is 370 Å². The third-order valence-electron chi connectivity index (χ3n) is 17.4. The van der Waals surface area contributed by atoms with Gasteiger partial charge in [-0.1, -0.05) is 319 Å². The maximum Gasteiger partial charge on any atom is 0.472 e. The number of carbonyl (C=O) groups is 4. The molecule has 4 unspecified atom stereocenters. The molecule has 19 heteroatoms. The molecule has 93 heavy (non-hydrogen) atoms. The molecule has 0 heterocycles. The highest BCUT2D eigenvalue weighted by molar-refractivity contribution is 7.47. The quantitative estimate of drug-likeness (QED) is 0.0222. The highest BCUT2D eigenvalue weighted by atomic mass is 31.2. The molecule has 0 spiro atoms. The molecule has 17 nitrogen and oxygen atoms in total.